The number of nitro groups is 1. The molecule has 2 aromatic rings. The van der Waals surface area contributed by atoms with E-state index >= 15 is 0 Å². The Hall–Kier alpha value is -2.28. The number of halogens is 2. The fraction of sp³-hybridized carbons (Fsp3) is 0.263. The van der Waals surface area contributed by atoms with Crippen molar-refractivity contribution >= 4 is 24.2 Å². The van der Waals surface area contributed by atoms with E-state index in [4.69, 9.17) is 0 Å². The third-order valence-electron chi connectivity index (χ3n) is 4.36. The minimum absolute atomic E-state index is 0. The number of nitro benzene ring substituents is 1. The number of benzene rings is 2. The molecule has 3 rings (SSSR count). The van der Waals surface area contributed by atoms with E-state index in [1.165, 1.54) is 12.1 Å². The van der Waals surface area contributed by atoms with Gasteiger partial charge in [-0.1, -0.05) is 36.4 Å². The molecule has 2 aromatic carbocycles. The van der Waals surface area contributed by atoms with Crippen molar-refractivity contribution in [1.29, 1.82) is 0 Å². The molecule has 1 aliphatic rings. The number of nitrogens with zero attached hydrogens (tertiary/aromatic N) is 2. The van der Waals surface area contributed by atoms with Crippen molar-refractivity contribution in [2.75, 3.05) is 26.2 Å². The molecule has 1 aliphatic heterocycles. The lowest BCUT2D eigenvalue weighted by Crippen LogP contribution is -2.45. The van der Waals surface area contributed by atoms with Gasteiger partial charge in [0.2, 0.25) is 0 Å². The Kier molecular flexibility index (Phi) is 7.26. The summed E-state index contributed by atoms with van der Waals surface area (Å²) in [5.41, 5.74) is 1.62. The molecular weight excluding hydrogens is 357 g/mol. The number of para-hydroxylation sites is 1. The van der Waals surface area contributed by atoms with Crippen molar-refractivity contribution in [2.24, 2.45) is 0 Å². The fourth-order valence-corrected chi connectivity index (χ4v) is 3.12. The van der Waals surface area contributed by atoms with Crippen LogP contribution in [0.5, 0.6) is 0 Å². The lowest BCUT2D eigenvalue weighted by atomic mass is 10.0. The van der Waals surface area contributed by atoms with Gasteiger partial charge in [0.05, 0.1) is 10.5 Å². The van der Waals surface area contributed by atoms with E-state index in [1.807, 2.05) is 12.1 Å². The van der Waals surface area contributed by atoms with Crippen molar-refractivity contribution < 1.29 is 9.31 Å². The Morgan fingerprint density at radius 2 is 2.08 bits per heavy atom. The van der Waals surface area contributed by atoms with Gasteiger partial charge < -0.3 is 5.32 Å². The largest absolute Gasteiger partial charge is 0.314 e. The molecule has 7 heteroatoms. The van der Waals surface area contributed by atoms with Gasteiger partial charge in [0.1, 0.15) is 5.82 Å². The molecule has 1 saturated heterocycles. The second-order valence-electron chi connectivity index (χ2n) is 5.99. The van der Waals surface area contributed by atoms with Gasteiger partial charge in [-0.25, -0.2) is 4.39 Å². The summed E-state index contributed by atoms with van der Waals surface area (Å²) < 4.78 is 13.5. The smallest absolute Gasteiger partial charge is 0.276 e. The van der Waals surface area contributed by atoms with Gasteiger partial charge in [0, 0.05) is 38.3 Å². The molecule has 0 aliphatic carbocycles. The molecule has 0 bridgehead atoms. The summed E-state index contributed by atoms with van der Waals surface area (Å²) >= 11 is 0. The second-order valence-corrected chi connectivity index (χ2v) is 5.99. The molecule has 0 amide bonds. The number of hydrogen-bond donors (Lipinski definition) is 1. The molecule has 1 atom stereocenters. The predicted molar refractivity (Wildman–Crippen MR) is 103 cm³/mol. The number of nitrogens with one attached hydrogen (secondary N) is 1. The third kappa shape index (κ3) is 4.88. The fourth-order valence-electron chi connectivity index (χ4n) is 3.12. The van der Waals surface area contributed by atoms with Crippen molar-refractivity contribution in [2.45, 2.75) is 6.04 Å². The topological polar surface area (TPSA) is 58.4 Å². The summed E-state index contributed by atoms with van der Waals surface area (Å²) in [5.74, 6) is -0.238. The average Bonchev–Trinajstić information content (AvgIpc) is 2.62. The molecule has 1 heterocycles. The molecule has 1 N–H and O–H groups in total. The van der Waals surface area contributed by atoms with Crippen LogP contribution in [0.15, 0.2) is 54.6 Å². The van der Waals surface area contributed by atoms with E-state index in [1.54, 1.807) is 36.4 Å². The SMILES string of the molecule is Cl.O=[N+]([O-])c1ccccc1/C=C/CN1CCNCC1c1cccc(F)c1. The first-order chi connectivity index (χ1) is 12.1. The molecule has 0 radical (unpaired) electrons. The van der Waals surface area contributed by atoms with Gasteiger partial charge in [-0.05, 0) is 23.8 Å². The summed E-state index contributed by atoms with van der Waals surface area (Å²) in [5, 5.41) is 14.4. The zero-order valence-electron chi connectivity index (χ0n) is 14.2. The minimum Gasteiger partial charge on any atom is -0.314 e. The first-order valence-electron chi connectivity index (χ1n) is 8.25. The minimum atomic E-state index is -0.375. The van der Waals surface area contributed by atoms with Crippen LogP contribution in [0.4, 0.5) is 10.1 Å². The van der Waals surface area contributed by atoms with E-state index in [0.717, 1.165) is 25.2 Å². The van der Waals surface area contributed by atoms with Crippen LogP contribution >= 0.6 is 12.4 Å². The van der Waals surface area contributed by atoms with Crippen LogP contribution < -0.4 is 5.32 Å². The highest BCUT2D eigenvalue weighted by Crippen LogP contribution is 2.23. The van der Waals surface area contributed by atoms with Crippen LogP contribution in [0, 0.1) is 15.9 Å². The van der Waals surface area contributed by atoms with Gasteiger partial charge in [-0.2, -0.15) is 0 Å². The maximum atomic E-state index is 13.5. The first kappa shape index (κ1) is 20.0. The van der Waals surface area contributed by atoms with E-state index < -0.39 is 0 Å². The Balaban J connectivity index is 0.00000243. The molecule has 5 nitrogen and oxygen atoms in total. The molecule has 0 saturated carbocycles. The molecular formula is C19H21ClFN3O2. The van der Waals surface area contributed by atoms with Crippen LogP contribution in [0.1, 0.15) is 17.2 Å². The summed E-state index contributed by atoms with van der Waals surface area (Å²) in [6.07, 6.45) is 3.71. The van der Waals surface area contributed by atoms with E-state index in [9.17, 15) is 14.5 Å². The van der Waals surface area contributed by atoms with Gasteiger partial charge in [0.25, 0.3) is 5.69 Å². The van der Waals surface area contributed by atoms with Crippen LogP contribution in [0.2, 0.25) is 0 Å². The highest BCUT2D eigenvalue weighted by atomic mass is 35.5. The van der Waals surface area contributed by atoms with Crippen molar-refractivity contribution in [1.82, 2.24) is 10.2 Å². The quantitative estimate of drug-likeness (QED) is 0.635. The third-order valence-corrected chi connectivity index (χ3v) is 4.36. The molecule has 0 aromatic heterocycles. The van der Waals surface area contributed by atoms with E-state index in [-0.39, 0.29) is 34.9 Å². The molecule has 26 heavy (non-hydrogen) atoms. The van der Waals surface area contributed by atoms with Crippen LogP contribution in [-0.4, -0.2) is 36.0 Å². The van der Waals surface area contributed by atoms with Gasteiger partial charge in [-0.15, -0.1) is 12.4 Å². The van der Waals surface area contributed by atoms with Crippen LogP contribution in [0.25, 0.3) is 6.08 Å². The Bertz CT molecular complexity index is 785. The number of hydrogen-bond acceptors (Lipinski definition) is 4. The van der Waals surface area contributed by atoms with Gasteiger partial charge in [0.15, 0.2) is 0 Å². The van der Waals surface area contributed by atoms with Gasteiger partial charge >= 0.3 is 0 Å². The predicted octanol–water partition coefficient (Wildman–Crippen LogP) is 3.82. The van der Waals surface area contributed by atoms with E-state index in [0.29, 0.717) is 12.1 Å². The molecule has 1 unspecified atom stereocenters. The van der Waals surface area contributed by atoms with Crippen molar-refractivity contribution in [3.05, 3.63) is 81.7 Å². The summed E-state index contributed by atoms with van der Waals surface area (Å²) in [6.45, 7) is 3.10. The number of piperazine rings is 1. The normalized spacial score (nSPS) is 17.8. The summed E-state index contributed by atoms with van der Waals surface area (Å²) in [6, 6.07) is 13.4. The van der Waals surface area contributed by atoms with Gasteiger partial charge in [-0.3, -0.25) is 15.0 Å². The highest BCUT2D eigenvalue weighted by Gasteiger charge is 2.23. The second kappa shape index (κ2) is 9.43. The summed E-state index contributed by atoms with van der Waals surface area (Å²) in [7, 11) is 0. The van der Waals surface area contributed by atoms with Crippen molar-refractivity contribution in [3.63, 3.8) is 0 Å². The zero-order valence-corrected chi connectivity index (χ0v) is 15.0. The maximum absolute atomic E-state index is 13.5. The average molecular weight is 378 g/mol. The summed E-state index contributed by atoms with van der Waals surface area (Å²) in [4.78, 5) is 12.9. The first-order valence-corrected chi connectivity index (χ1v) is 8.25. The van der Waals surface area contributed by atoms with Crippen LogP contribution in [0.3, 0.4) is 0 Å². The molecule has 0 spiro atoms. The maximum Gasteiger partial charge on any atom is 0.276 e. The zero-order chi connectivity index (χ0) is 17.6. The lowest BCUT2D eigenvalue weighted by molar-refractivity contribution is -0.385. The number of rotatable bonds is 5. The molecule has 138 valence electrons. The monoisotopic (exact) mass is 377 g/mol. The Morgan fingerprint density at radius 3 is 2.85 bits per heavy atom. The highest BCUT2D eigenvalue weighted by molar-refractivity contribution is 5.85. The Morgan fingerprint density at radius 1 is 1.27 bits per heavy atom. The Labute approximate surface area is 158 Å². The molecule has 1 fully saturated rings. The lowest BCUT2D eigenvalue weighted by Gasteiger charge is -2.35. The standard InChI is InChI=1S/C19H20FN3O2.ClH/c20-17-8-3-6-16(13-17)19-14-21-10-12-22(19)11-4-7-15-5-1-2-9-18(15)23(24)25;/h1-9,13,19,21H,10-12,14H2;1H/b7-4+;. The van der Waals surface area contributed by atoms with Crippen LogP contribution in [-0.2, 0) is 0 Å². The van der Waals surface area contributed by atoms with E-state index in [2.05, 4.69) is 10.2 Å². The van der Waals surface area contributed by atoms with Crippen molar-refractivity contribution in [3.8, 4) is 0 Å².